The van der Waals surface area contributed by atoms with Gasteiger partial charge in [-0.3, -0.25) is 4.79 Å². The number of benzene rings is 1. The van der Waals surface area contributed by atoms with Crippen LogP contribution in [0.3, 0.4) is 0 Å². The molecule has 1 aliphatic rings. The van der Waals surface area contributed by atoms with Crippen molar-refractivity contribution in [2.75, 3.05) is 43.4 Å². The second-order valence-corrected chi connectivity index (χ2v) is 8.30. The first-order valence-electron chi connectivity index (χ1n) is 9.33. The second-order valence-electron chi connectivity index (χ2n) is 6.36. The topological polar surface area (TPSA) is 90.5 Å². The van der Waals surface area contributed by atoms with E-state index in [-0.39, 0.29) is 16.7 Å². The molecule has 7 nitrogen and oxygen atoms in total. The molecule has 0 aliphatic carbocycles. The maximum absolute atomic E-state index is 12.8. The summed E-state index contributed by atoms with van der Waals surface area (Å²) in [4.78, 5) is 12.8. The van der Waals surface area contributed by atoms with Gasteiger partial charge in [0.05, 0.1) is 22.2 Å². The summed E-state index contributed by atoms with van der Waals surface area (Å²) in [7, 11) is -3.57. The normalized spacial score (nSPS) is 17.9. The third-order valence-corrected chi connectivity index (χ3v) is 6.67. The SMILES string of the molecule is CCNc1ccc(S(=O)(=O)N(CC)CC)cc1NC(=O)C1CCCNC1. The van der Waals surface area contributed by atoms with E-state index < -0.39 is 10.0 Å². The van der Waals surface area contributed by atoms with Gasteiger partial charge < -0.3 is 16.0 Å². The molecular formula is C18H30N4O3S. The summed E-state index contributed by atoms with van der Waals surface area (Å²) < 4.78 is 27.0. The summed E-state index contributed by atoms with van der Waals surface area (Å²) in [6, 6.07) is 4.86. The van der Waals surface area contributed by atoms with Crippen LogP contribution in [0.5, 0.6) is 0 Å². The average Bonchev–Trinajstić information content (AvgIpc) is 2.64. The van der Waals surface area contributed by atoms with Gasteiger partial charge in [0.1, 0.15) is 0 Å². The van der Waals surface area contributed by atoms with Crippen LogP contribution in [0.1, 0.15) is 33.6 Å². The minimum atomic E-state index is -3.57. The molecule has 0 aromatic heterocycles. The van der Waals surface area contributed by atoms with E-state index in [4.69, 9.17) is 0 Å². The number of nitrogens with one attached hydrogen (secondary N) is 3. The van der Waals surface area contributed by atoms with Crippen molar-refractivity contribution in [2.45, 2.75) is 38.5 Å². The number of hydrogen-bond donors (Lipinski definition) is 3. The summed E-state index contributed by atoms with van der Waals surface area (Å²) in [5.41, 5.74) is 1.23. The molecule has 1 aromatic carbocycles. The van der Waals surface area contributed by atoms with Gasteiger partial charge in [-0.1, -0.05) is 13.8 Å². The zero-order valence-corrected chi connectivity index (χ0v) is 16.7. The van der Waals surface area contributed by atoms with Crippen molar-refractivity contribution in [1.82, 2.24) is 9.62 Å². The molecule has 1 amide bonds. The lowest BCUT2D eigenvalue weighted by atomic mass is 9.99. The molecular weight excluding hydrogens is 352 g/mol. The number of nitrogens with zero attached hydrogens (tertiary/aromatic N) is 1. The van der Waals surface area contributed by atoms with Gasteiger partial charge in [-0.2, -0.15) is 4.31 Å². The molecule has 1 fully saturated rings. The third-order valence-electron chi connectivity index (χ3n) is 4.63. The van der Waals surface area contributed by atoms with E-state index in [0.29, 0.717) is 31.9 Å². The van der Waals surface area contributed by atoms with Crippen LogP contribution in [0.15, 0.2) is 23.1 Å². The predicted octanol–water partition coefficient (Wildman–Crippen LogP) is 2.09. The van der Waals surface area contributed by atoms with Crippen LogP contribution >= 0.6 is 0 Å². The fraction of sp³-hybridized carbons (Fsp3) is 0.611. The van der Waals surface area contributed by atoms with Crippen molar-refractivity contribution in [2.24, 2.45) is 5.92 Å². The van der Waals surface area contributed by atoms with Crippen molar-refractivity contribution in [1.29, 1.82) is 0 Å². The first kappa shape index (κ1) is 20.7. The fourth-order valence-corrected chi connectivity index (χ4v) is 4.64. The lowest BCUT2D eigenvalue weighted by molar-refractivity contribution is -0.120. The van der Waals surface area contributed by atoms with Crippen LogP contribution in [-0.4, -0.2) is 51.4 Å². The molecule has 1 aliphatic heterocycles. The molecule has 26 heavy (non-hydrogen) atoms. The van der Waals surface area contributed by atoms with Crippen molar-refractivity contribution in [3.63, 3.8) is 0 Å². The van der Waals surface area contributed by atoms with Gasteiger partial charge in [-0.05, 0) is 44.5 Å². The molecule has 1 atom stereocenters. The number of hydrogen-bond acceptors (Lipinski definition) is 5. The van der Waals surface area contributed by atoms with E-state index in [1.807, 2.05) is 20.8 Å². The zero-order chi connectivity index (χ0) is 19.2. The van der Waals surface area contributed by atoms with Crippen LogP contribution in [0.2, 0.25) is 0 Å². The van der Waals surface area contributed by atoms with Crippen LogP contribution in [0, 0.1) is 5.92 Å². The number of rotatable bonds is 8. The Morgan fingerprint density at radius 3 is 2.54 bits per heavy atom. The molecule has 1 aromatic rings. The Kier molecular flexibility index (Phi) is 7.43. The largest absolute Gasteiger partial charge is 0.384 e. The van der Waals surface area contributed by atoms with Crippen LogP contribution in [-0.2, 0) is 14.8 Å². The van der Waals surface area contributed by atoms with E-state index in [1.54, 1.807) is 18.2 Å². The Morgan fingerprint density at radius 2 is 1.96 bits per heavy atom. The molecule has 2 rings (SSSR count). The smallest absolute Gasteiger partial charge is 0.243 e. The monoisotopic (exact) mass is 382 g/mol. The lowest BCUT2D eigenvalue weighted by Crippen LogP contribution is -2.37. The number of piperidine rings is 1. The van der Waals surface area contributed by atoms with Crippen molar-refractivity contribution < 1.29 is 13.2 Å². The lowest BCUT2D eigenvalue weighted by Gasteiger charge is -2.23. The first-order valence-corrected chi connectivity index (χ1v) is 10.8. The summed E-state index contributed by atoms with van der Waals surface area (Å²) in [6.45, 7) is 8.66. The minimum Gasteiger partial charge on any atom is -0.384 e. The molecule has 8 heteroatoms. The molecule has 0 bridgehead atoms. The third kappa shape index (κ3) is 4.75. The Balaban J connectivity index is 2.31. The summed E-state index contributed by atoms with van der Waals surface area (Å²) >= 11 is 0. The summed E-state index contributed by atoms with van der Waals surface area (Å²) in [5, 5.41) is 9.34. The quantitative estimate of drug-likeness (QED) is 0.640. The highest BCUT2D eigenvalue weighted by Crippen LogP contribution is 2.28. The van der Waals surface area contributed by atoms with Gasteiger partial charge in [0.2, 0.25) is 15.9 Å². The standard InChI is InChI=1S/C18H30N4O3S/c1-4-20-16-10-9-15(26(24,25)22(5-2)6-3)12-17(16)21-18(23)14-8-7-11-19-13-14/h9-10,12,14,19-20H,4-8,11,13H2,1-3H3,(H,21,23). The minimum absolute atomic E-state index is 0.0752. The summed E-state index contributed by atoms with van der Waals surface area (Å²) in [5.74, 6) is -0.171. The van der Waals surface area contributed by atoms with Gasteiger partial charge in [0.25, 0.3) is 0 Å². The highest BCUT2D eigenvalue weighted by molar-refractivity contribution is 7.89. The average molecular weight is 383 g/mol. The molecule has 0 spiro atoms. The van der Waals surface area contributed by atoms with Gasteiger partial charge >= 0.3 is 0 Å². The molecule has 1 heterocycles. The molecule has 1 saturated heterocycles. The number of amides is 1. The van der Waals surface area contributed by atoms with Crippen LogP contribution in [0.25, 0.3) is 0 Å². The predicted molar refractivity (Wildman–Crippen MR) is 105 cm³/mol. The van der Waals surface area contributed by atoms with E-state index in [0.717, 1.165) is 25.1 Å². The Bertz CT molecular complexity index is 711. The number of anilines is 2. The summed E-state index contributed by atoms with van der Waals surface area (Å²) in [6.07, 6.45) is 1.81. The molecule has 146 valence electrons. The molecule has 1 unspecified atom stereocenters. The number of carbonyl (C=O) groups is 1. The molecule has 0 radical (unpaired) electrons. The zero-order valence-electron chi connectivity index (χ0n) is 15.8. The maximum Gasteiger partial charge on any atom is 0.243 e. The van der Waals surface area contributed by atoms with Gasteiger partial charge in [0, 0.05) is 26.2 Å². The van der Waals surface area contributed by atoms with E-state index >= 15 is 0 Å². The van der Waals surface area contributed by atoms with Gasteiger partial charge in [-0.25, -0.2) is 8.42 Å². The van der Waals surface area contributed by atoms with E-state index in [9.17, 15) is 13.2 Å². The highest BCUT2D eigenvalue weighted by Gasteiger charge is 2.25. The fourth-order valence-electron chi connectivity index (χ4n) is 3.15. The highest BCUT2D eigenvalue weighted by atomic mass is 32.2. The molecule has 0 saturated carbocycles. The first-order chi connectivity index (χ1) is 12.4. The Morgan fingerprint density at radius 1 is 1.23 bits per heavy atom. The Hall–Kier alpha value is -1.64. The van der Waals surface area contributed by atoms with Crippen LogP contribution in [0.4, 0.5) is 11.4 Å². The van der Waals surface area contributed by atoms with Crippen molar-refractivity contribution in [3.8, 4) is 0 Å². The maximum atomic E-state index is 12.8. The van der Waals surface area contributed by atoms with Crippen LogP contribution < -0.4 is 16.0 Å². The van der Waals surface area contributed by atoms with Gasteiger partial charge in [-0.15, -0.1) is 0 Å². The Labute approximate surface area is 156 Å². The van der Waals surface area contributed by atoms with E-state index in [1.165, 1.54) is 4.31 Å². The van der Waals surface area contributed by atoms with E-state index in [2.05, 4.69) is 16.0 Å². The van der Waals surface area contributed by atoms with Gasteiger partial charge in [0.15, 0.2) is 0 Å². The van der Waals surface area contributed by atoms with Crippen molar-refractivity contribution >= 4 is 27.3 Å². The number of sulfonamides is 1. The number of carbonyl (C=O) groups excluding carboxylic acids is 1. The van der Waals surface area contributed by atoms with Crippen molar-refractivity contribution in [3.05, 3.63) is 18.2 Å². The molecule has 3 N–H and O–H groups in total. The second kappa shape index (κ2) is 9.34.